The van der Waals surface area contributed by atoms with E-state index in [4.69, 9.17) is 4.74 Å². The normalized spacial score (nSPS) is 22.1. The molecule has 3 aliphatic rings. The van der Waals surface area contributed by atoms with Crippen molar-refractivity contribution < 1.29 is 27.1 Å². The lowest BCUT2D eigenvalue weighted by Gasteiger charge is -2.42. The Hall–Kier alpha value is -2.31. The molecule has 1 amide bonds. The average molecular weight is 556 g/mol. The monoisotopic (exact) mass is 555 g/mol. The summed E-state index contributed by atoms with van der Waals surface area (Å²) in [6.07, 6.45) is 5.42. The van der Waals surface area contributed by atoms with Crippen LogP contribution >= 0.6 is 11.3 Å². The van der Waals surface area contributed by atoms with Crippen molar-refractivity contribution in [2.24, 2.45) is 11.3 Å². The van der Waals surface area contributed by atoms with E-state index in [1.807, 2.05) is 0 Å². The molecule has 208 valence electrons. The number of carbonyl (C=O) groups excluding carboxylic acids is 1. The predicted molar refractivity (Wildman–Crippen MR) is 135 cm³/mol. The minimum Gasteiger partial charge on any atom is -0.380 e. The van der Waals surface area contributed by atoms with Crippen LogP contribution in [0, 0.1) is 23.0 Å². The van der Waals surface area contributed by atoms with Crippen molar-refractivity contribution in [3.63, 3.8) is 0 Å². The highest BCUT2D eigenvalue weighted by molar-refractivity contribution is 7.17. The molecule has 2 saturated heterocycles. The first-order chi connectivity index (χ1) is 18.3. The summed E-state index contributed by atoms with van der Waals surface area (Å²) in [5, 5.41) is 3.39. The fourth-order valence-electron chi connectivity index (χ4n) is 5.34. The van der Waals surface area contributed by atoms with Crippen LogP contribution in [-0.4, -0.2) is 72.6 Å². The summed E-state index contributed by atoms with van der Waals surface area (Å²) in [6.45, 7) is 4.24. The molecule has 1 N–H and O–H groups in total. The molecule has 1 saturated carbocycles. The Balaban J connectivity index is 1.05. The molecule has 38 heavy (non-hydrogen) atoms. The summed E-state index contributed by atoms with van der Waals surface area (Å²) < 4.78 is 58.8. The SMILES string of the molecule is O=C(NCc1ncc(F)cc1F)c1cnc(N2CCC(N3CCC[C@@H](COCC4(C(F)F)CC4)C3)CC2)s1. The Kier molecular flexibility index (Phi) is 8.49. The second-order valence-corrected chi connectivity index (χ2v) is 11.7. The third-order valence-corrected chi connectivity index (χ3v) is 8.97. The van der Waals surface area contributed by atoms with Gasteiger partial charge in [-0.15, -0.1) is 0 Å². The standard InChI is InChI=1S/C26H33F4N5O2S/c27-18-10-20(28)21(31-11-18)12-32-23(36)22-13-33-25(38-22)34-8-3-19(4-9-34)35-7-1-2-17(14-35)15-37-16-26(5-6-26)24(29)30/h10-11,13,17,19,24H,1-9,12,14-16H2,(H,32,36)/t17-/m1/s1. The molecule has 1 aliphatic carbocycles. The zero-order valence-electron chi connectivity index (χ0n) is 21.2. The van der Waals surface area contributed by atoms with E-state index in [-0.39, 0.29) is 24.8 Å². The molecule has 7 nitrogen and oxygen atoms in total. The van der Waals surface area contributed by atoms with Gasteiger partial charge in [-0.1, -0.05) is 11.3 Å². The van der Waals surface area contributed by atoms with Gasteiger partial charge in [-0.2, -0.15) is 0 Å². The van der Waals surface area contributed by atoms with E-state index < -0.39 is 23.5 Å². The Morgan fingerprint density at radius 3 is 2.66 bits per heavy atom. The number of likely N-dealkylation sites (tertiary alicyclic amines) is 1. The number of hydrogen-bond acceptors (Lipinski definition) is 7. The van der Waals surface area contributed by atoms with Crippen molar-refractivity contribution in [3.8, 4) is 0 Å². The molecule has 4 heterocycles. The van der Waals surface area contributed by atoms with Crippen LogP contribution in [0.15, 0.2) is 18.5 Å². The van der Waals surface area contributed by atoms with E-state index in [2.05, 4.69) is 25.1 Å². The summed E-state index contributed by atoms with van der Waals surface area (Å²) in [6, 6.07) is 1.20. The topological polar surface area (TPSA) is 70.6 Å². The van der Waals surface area contributed by atoms with Gasteiger partial charge in [-0.25, -0.2) is 22.5 Å². The summed E-state index contributed by atoms with van der Waals surface area (Å²) in [7, 11) is 0. The van der Waals surface area contributed by atoms with Crippen molar-refractivity contribution in [1.82, 2.24) is 20.2 Å². The van der Waals surface area contributed by atoms with Gasteiger partial charge < -0.3 is 15.0 Å². The van der Waals surface area contributed by atoms with Crippen LogP contribution in [0.25, 0.3) is 0 Å². The molecule has 0 aromatic carbocycles. The van der Waals surface area contributed by atoms with E-state index in [0.717, 1.165) is 69.3 Å². The van der Waals surface area contributed by atoms with Crippen molar-refractivity contribution in [1.29, 1.82) is 0 Å². The number of nitrogens with one attached hydrogen (secondary N) is 1. The number of aromatic nitrogens is 2. The maximum absolute atomic E-state index is 13.8. The number of pyridine rings is 1. The smallest absolute Gasteiger partial charge is 0.263 e. The molecular formula is C26H33F4N5O2S. The Morgan fingerprint density at radius 2 is 1.95 bits per heavy atom. The first-order valence-corrected chi connectivity index (χ1v) is 14.0. The van der Waals surface area contributed by atoms with Crippen LogP contribution in [0.4, 0.5) is 22.7 Å². The molecule has 0 radical (unpaired) electrons. The molecule has 2 aliphatic heterocycles. The van der Waals surface area contributed by atoms with Gasteiger partial charge in [0.2, 0.25) is 6.43 Å². The fourth-order valence-corrected chi connectivity index (χ4v) is 6.23. The van der Waals surface area contributed by atoms with Crippen LogP contribution in [0.5, 0.6) is 0 Å². The van der Waals surface area contributed by atoms with Crippen LogP contribution in [-0.2, 0) is 11.3 Å². The van der Waals surface area contributed by atoms with E-state index in [1.165, 1.54) is 17.5 Å². The largest absolute Gasteiger partial charge is 0.380 e. The molecular weight excluding hydrogens is 522 g/mol. The molecule has 2 aromatic rings. The number of thiazole rings is 1. The first kappa shape index (κ1) is 27.3. The third kappa shape index (κ3) is 6.45. The lowest BCUT2D eigenvalue weighted by Crippen LogP contribution is -2.49. The lowest BCUT2D eigenvalue weighted by atomic mass is 9.94. The highest BCUT2D eigenvalue weighted by Crippen LogP contribution is 2.50. The number of ether oxygens (including phenoxy) is 1. The van der Waals surface area contributed by atoms with Gasteiger partial charge in [0.25, 0.3) is 5.91 Å². The van der Waals surface area contributed by atoms with Crippen LogP contribution < -0.4 is 10.2 Å². The molecule has 5 rings (SSSR count). The van der Waals surface area contributed by atoms with E-state index >= 15 is 0 Å². The van der Waals surface area contributed by atoms with E-state index in [0.29, 0.717) is 36.3 Å². The molecule has 12 heteroatoms. The maximum atomic E-state index is 13.8. The summed E-state index contributed by atoms with van der Waals surface area (Å²) in [5.74, 6) is -1.56. The highest BCUT2D eigenvalue weighted by atomic mass is 32.1. The number of rotatable bonds is 10. The number of nitrogens with zero attached hydrogens (tertiary/aromatic N) is 4. The maximum Gasteiger partial charge on any atom is 0.263 e. The number of carbonyl (C=O) groups is 1. The quantitative estimate of drug-likeness (QED) is 0.436. The van der Waals surface area contributed by atoms with Gasteiger partial charge in [0.05, 0.1) is 43.3 Å². The summed E-state index contributed by atoms with van der Waals surface area (Å²) in [5.41, 5.74) is -0.909. The van der Waals surface area contributed by atoms with Crippen LogP contribution in [0.1, 0.15) is 53.9 Å². The Labute approximate surface area is 223 Å². The molecule has 0 unspecified atom stereocenters. The number of anilines is 1. The van der Waals surface area contributed by atoms with E-state index in [1.54, 1.807) is 0 Å². The predicted octanol–water partition coefficient (Wildman–Crippen LogP) is 4.49. The van der Waals surface area contributed by atoms with Gasteiger partial charge in [0, 0.05) is 31.7 Å². The molecule has 2 aromatic heterocycles. The summed E-state index contributed by atoms with van der Waals surface area (Å²) in [4.78, 5) is 25.7. The minimum absolute atomic E-state index is 0.0296. The number of piperidine rings is 2. The second kappa shape index (κ2) is 11.8. The highest BCUT2D eigenvalue weighted by Gasteiger charge is 2.51. The number of alkyl halides is 2. The Bertz CT molecular complexity index is 1110. The van der Waals surface area contributed by atoms with Crippen molar-refractivity contribution in [2.75, 3.05) is 44.3 Å². The number of hydrogen-bond donors (Lipinski definition) is 1. The summed E-state index contributed by atoms with van der Waals surface area (Å²) >= 11 is 1.29. The molecule has 0 spiro atoms. The van der Waals surface area contributed by atoms with Gasteiger partial charge in [0.1, 0.15) is 16.5 Å². The molecule has 0 bridgehead atoms. The average Bonchev–Trinajstić information content (AvgIpc) is 3.55. The van der Waals surface area contributed by atoms with Gasteiger partial charge in [-0.3, -0.25) is 14.7 Å². The van der Waals surface area contributed by atoms with Gasteiger partial charge >= 0.3 is 0 Å². The minimum atomic E-state index is -2.29. The first-order valence-electron chi connectivity index (χ1n) is 13.2. The van der Waals surface area contributed by atoms with Crippen molar-refractivity contribution in [2.45, 2.75) is 57.5 Å². The van der Waals surface area contributed by atoms with Crippen LogP contribution in [0.2, 0.25) is 0 Å². The third-order valence-electron chi connectivity index (χ3n) is 7.92. The molecule has 1 atom stereocenters. The number of amides is 1. The fraction of sp³-hybridized carbons (Fsp3) is 0.654. The number of halogens is 4. The zero-order valence-corrected chi connectivity index (χ0v) is 22.0. The van der Waals surface area contributed by atoms with Crippen LogP contribution in [0.3, 0.4) is 0 Å². The lowest BCUT2D eigenvalue weighted by molar-refractivity contribution is -0.0256. The van der Waals surface area contributed by atoms with Crippen molar-refractivity contribution in [3.05, 3.63) is 40.7 Å². The van der Waals surface area contributed by atoms with E-state index in [9.17, 15) is 22.4 Å². The second-order valence-electron chi connectivity index (χ2n) is 10.7. The van der Waals surface area contributed by atoms with Crippen molar-refractivity contribution >= 4 is 22.4 Å². The zero-order chi connectivity index (χ0) is 26.7. The van der Waals surface area contributed by atoms with Gasteiger partial charge in [0.15, 0.2) is 5.13 Å². The molecule has 3 fully saturated rings. The van der Waals surface area contributed by atoms with Gasteiger partial charge in [-0.05, 0) is 51.0 Å². The Morgan fingerprint density at radius 1 is 1.16 bits per heavy atom.